The standard InChI is InChI=1S/C19H18ClFN4OS/c20-14-3-1-2-12(8-14)16-17(21)13(9-15-18(16)23-11-27-15)10-24-4-6-25(7-5-24)19(22)26/h1-3,8-9,11H,4-7,10H2,(H2,22,26). The van der Waals surface area contributed by atoms with Crippen LogP contribution in [0.1, 0.15) is 5.56 Å². The van der Waals surface area contributed by atoms with Gasteiger partial charge in [-0.2, -0.15) is 0 Å². The number of hydrogen-bond acceptors (Lipinski definition) is 4. The van der Waals surface area contributed by atoms with Crippen molar-refractivity contribution in [2.75, 3.05) is 26.2 Å². The molecule has 0 unspecified atom stereocenters. The van der Waals surface area contributed by atoms with Crippen LogP contribution in [-0.4, -0.2) is 47.0 Å². The van der Waals surface area contributed by atoms with Gasteiger partial charge in [0.25, 0.3) is 0 Å². The molecule has 0 saturated carbocycles. The number of benzene rings is 2. The first kappa shape index (κ1) is 18.2. The summed E-state index contributed by atoms with van der Waals surface area (Å²) in [7, 11) is 0. The molecule has 27 heavy (non-hydrogen) atoms. The minimum absolute atomic E-state index is 0.270. The van der Waals surface area contributed by atoms with Crippen LogP contribution in [0.2, 0.25) is 5.02 Å². The predicted molar refractivity (Wildman–Crippen MR) is 106 cm³/mol. The maximum Gasteiger partial charge on any atom is 0.314 e. The fraction of sp³-hybridized carbons (Fsp3) is 0.263. The number of thiazole rings is 1. The summed E-state index contributed by atoms with van der Waals surface area (Å²) < 4.78 is 16.4. The second-order valence-electron chi connectivity index (χ2n) is 6.54. The Hall–Kier alpha value is -2.22. The highest BCUT2D eigenvalue weighted by Crippen LogP contribution is 2.36. The lowest BCUT2D eigenvalue weighted by Gasteiger charge is -2.33. The van der Waals surface area contributed by atoms with E-state index in [-0.39, 0.29) is 5.82 Å². The van der Waals surface area contributed by atoms with Crippen molar-refractivity contribution in [1.29, 1.82) is 0 Å². The molecule has 8 heteroatoms. The Morgan fingerprint density at radius 1 is 1.26 bits per heavy atom. The van der Waals surface area contributed by atoms with Crippen molar-refractivity contribution in [2.45, 2.75) is 6.54 Å². The molecule has 1 saturated heterocycles. The number of carbonyl (C=O) groups is 1. The molecule has 5 nitrogen and oxygen atoms in total. The van der Waals surface area contributed by atoms with Gasteiger partial charge in [-0.3, -0.25) is 4.90 Å². The van der Waals surface area contributed by atoms with Crippen LogP contribution in [0.5, 0.6) is 0 Å². The largest absolute Gasteiger partial charge is 0.351 e. The van der Waals surface area contributed by atoms with Crippen molar-refractivity contribution in [3.05, 3.63) is 52.2 Å². The zero-order chi connectivity index (χ0) is 19.0. The predicted octanol–water partition coefficient (Wildman–Crippen LogP) is 3.95. The number of urea groups is 1. The van der Waals surface area contributed by atoms with E-state index in [1.165, 1.54) is 11.3 Å². The molecule has 0 bridgehead atoms. The molecule has 1 aliphatic rings. The normalized spacial score (nSPS) is 15.4. The van der Waals surface area contributed by atoms with Gasteiger partial charge in [0, 0.05) is 48.9 Å². The second-order valence-corrected chi connectivity index (χ2v) is 7.86. The smallest absolute Gasteiger partial charge is 0.314 e. The number of piperazine rings is 1. The molecular formula is C19H18ClFN4OS. The van der Waals surface area contributed by atoms with Crippen LogP contribution in [-0.2, 0) is 6.54 Å². The molecule has 1 fully saturated rings. The molecule has 2 N–H and O–H groups in total. The summed E-state index contributed by atoms with van der Waals surface area (Å²) in [6.45, 7) is 2.91. The topological polar surface area (TPSA) is 62.5 Å². The van der Waals surface area contributed by atoms with E-state index in [0.717, 1.165) is 10.3 Å². The average molecular weight is 405 g/mol. The van der Waals surface area contributed by atoms with Gasteiger partial charge in [0.1, 0.15) is 5.82 Å². The monoisotopic (exact) mass is 404 g/mol. The van der Waals surface area contributed by atoms with E-state index >= 15 is 4.39 Å². The maximum atomic E-state index is 15.5. The molecule has 2 heterocycles. The summed E-state index contributed by atoms with van der Waals surface area (Å²) in [5.41, 5.74) is 9.54. The summed E-state index contributed by atoms with van der Waals surface area (Å²) in [6.07, 6.45) is 0. The second kappa shape index (κ2) is 7.42. The van der Waals surface area contributed by atoms with E-state index in [9.17, 15) is 4.79 Å². The van der Waals surface area contributed by atoms with Crippen LogP contribution in [0.15, 0.2) is 35.8 Å². The lowest BCUT2D eigenvalue weighted by atomic mass is 10.00. The molecule has 0 atom stereocenters. The first-order valence-electron chi connectivity index (χ1n) is 8.60. The van der Waals surface area contributed by atoms with Crippen molar-refractivity contribution in [3.63, 3.8) is 0 Å². The molecule has 4 rings (SSSR count). The van der Waals surface area contributed by atoms with Gasteiger partial charge >= 0.3 is 6.03 Å². The summed E-state index contributed by atoms with van der Waals surface area (Å²) >= 11 is 7.61. The van der Waals surface area contributed by atoms with E-state index in [0.29, 0.717) is 54.4 Å². The quantitative estimate of drug-likeness (QED) is 0.718. The van der Waals surface area contributed by atoms with Gasteiger partial charge in [-0.1, -0.05) is 23.7 Å². The number of rotatable bonds is 3. The van der Waals surface area contributed by atoms with Gasteiger partial charge in [-0.15, -0.1) is 11.3 Å². The molecule has 0 aliphatic carbocycles. The number of nitrogens with two attached hydrogens (primary N) is 1. The number of amides is 2. The van der Waals surface area contributed by atoms with Crippen LogP contribution < -0.4 is 5.73 Å². The number of halogens is 2. The average Bonchev–Trinajstić information content (AvgIpc) is 3.10. The minimum Gasteiger partial charge on any atom is -0.351 e. The number of hydrogen-bond donors (Lipinski definition) is 1. The van der Waals surface area contributed by atoms with Crippen LogP contribution in [0, 0.1) is 5.82 Å². The zero-order valence-electron chi connectivity index (χ0n) is 14.5. The van der Waals surface area contributed by atoms with Gasteiger partial charge < -0.3 is 10.6 Å². The number of primary amides is 1. The first-order valence-corrected chi connectivity index (χ1v) is 9.86. The van der Waals surface area contributed by atoms with Gasteiger partial charge in [0.15, 0.2) is 0 Å². The molecule has 0 radical (unpaired) electrons. The molecule has 0 spiro atoms. The number of carbonyl (C=O) groups excluding carboxylic acids is 1. The fourth-order valence-corrected chi connectivity index (χ4v) is 4.36. The Morgan fingerprint density at radius 2 is 2.04 bits per heavy atom. The molecule has 2 aromatic carbocycles. The Balaban J connectivity index is 1.68. The summed E-state index contributed by atoms with van der Waals surface area (Å²) in [5, 5.41) is 0.559. The van der Waals surface area contributed by atoms with Crippen molar-refractivity contribution in [2.24, 2.45) is 5.73 Å². The van der Waals surface area contributed by atoms with Gasteiger partial charge in [0.2, 0.25) is 0 Å². The Labute approximate surface area is 165 Å². The summed E-state index contributed by atoms with van der Waals surface area (Å²) in [4.78, 5) is 19.4. The van der Waals surface area contributed by atoms with E-state index < -0.39 is 6.03 Å². The lowest BCUT2D eigenvalue weighted by molar-refractivity contribution is 0.140. The lowest BCUT2D eigenvalue weighted by Crippen LogP contribution is -2.50. The van der Waals surface area contributed by atoms with E-state index in [2.05, 4.69) is 9.88 Å². The summed E-state index contributed by atoms with van der Waals surface area (Å²) in [5.74, 6) is -0.270. The Morgan fingerprint density at radius 3 is 2.74 bits per heavy atom. The van der Waals surface area contributed by atoms with Crippen LogP contribution in [0.25, 0.3) is 21.3 Å². The first-order chi connectivity index (χ1) is 13.0. The van der Waals surface area contributed by atoms with E-state index in [4.69, 9.17) is 17.3 Å². The van der Waals surface area contributed by atoms with Crippen LogP contribution in [0.3, 0.4) is 0 Å². The molecule has 140 valence electrons. The van der Waals surface area contributed by atoms with E-state index in [1.54, 1.807) is 22.5 Å². The highest BCUT2D eigenvalue weighted by atomic mass is 35.5. The van der Waals surface area contributed by atoms with Gasteiger partial charge in [-0.05, 0) is 23.8 Å². The maximum absolute atomic E-state index is 15.5. The summed E-state index contributed by atoms with van der Waals surface area (Å²) in [6, 6.07) is 8.65. The van der Waals surface area contributed by atoms with Crippen molar-refractivity contribution in [3.8, 4) is 11.1 Å². The molecule has 1 aliphatic heterocycles. The van der Waals surface area contributed by atoms with Crippen molar-refractivity contribution >= 4 is 39.2 Å². The Bertz CT molecular complexity index is 1000. The van der Waals surface area contributed by atoms with E-state index in [1.807, 2.05) is 18.2 Å². The van der Waals surface area contributed by atoms with Crippen LogP contribution in [0.4, 0.5) is 9.18 Å². The number of nitrogens with zero attached hydrogens (tertiary/aromatic N) is 3. The highest BCUT2D eigenvalue weighted by Gasteiger charge is 2.23. The van der Waals surface area contributed by atoms with Crippen molar-refractivity contribution in [1.82, 2.24) is 14.8 Å². The molecule has 2 amide bonds. The third-order valence-electron chi connectivity index (χ3n) is 4.83. The number of fused-ring (bicyclic) bond motifs is 1. The third kappa shape index (κ3) is 3.63. The highest BCUT2D eigenvalue weighted by molar-refractivity contribution is 7.16. The molecular weight excluding hydrogens is 387 g/mol. The molecule has 3 aromatic rings. The zero-order valence-corrected chi connectivity index (χ0v) is 16.1. The van der Waals surface area contributed by atoms with Gasteiger partial charge in [-0.25, -0.2) is 14.2 Å². The fourth-order valence-electron chi connectivity index (χ4n) is 3.42. The van der Waals surface area contributed by atoms with Gasteiger partial charge in [0.05, 0.1) is 15.7 Å². The third-order valence-corrected chi connectivity index (χ3v) is 5.84. The SMILES string of the molecule is NC(=O)N1CCN(Cc2cc3scnc3c(-c3cccc(Cl)c3)c2F)CC1. The Kier molecular flexibility index (Phi) is 4.99. The minimum atomic E-state index is -0.407. The molecule has 1 aromatic heterocycles. The van der Waals surface area contributed by atoms with Crippen molar-refractivity contribution < 1.29 is 9.18 Å². The number of aromatic nitrogens is 1. The van der Waals surface area contributed by atoms with Crippen LogP contribution >= 0.6 is 22.9 Å².